The predicted molar refractivity (Wildman–Crippen MR) is 95.5 cm³/mol. The molecule has 0 aliphatic carbocycles. The zero-order valence-corrected chi connectivity index (χ0v) is 14.1. The smallest absolute Gasteiger partial charge is 0.337 e. The summed E-state index contributed by atoms with van der Waals surface area (Å²) >= 11 is 0. The average Bonchev–Trinajstić information content (AvgIpc) is 2.67. The summed E-state index contributed by atoms with van der Waals surface area (Å²) in [5.41, 5.74) is 3.41. The van der Waals surface area contributed by atoms with Crippen LogP contribution in [0.5, 0.6) is 0 Å². The molecule has 0 unspecified atom stereocenters. The monoisotopic (exact) mass is 323 g/mol. The SMILES string of the molecule is CC.COC(=O)c1ccc(NCc2ccc(C#N)cc2)c(C=N)c1. The van der Waals surface area contributed by atoms with Crippen molar-refractivity contribution in [3.8, 4) is 6.07 Å². The quantitative estimate of drug-likeness (QED) is 0.643. The molecule has 0 heterocycles. The van der Waals surface area contributed by atoms with Crippen LogP contribution in [0.15, 0.2) is 42.5 Å². The largest absolute Gasteiger partial charge is 0.465 e. The number of rotatable bonds is 5. The third-order valence-electron chi connectivity index (χ3n) is 3.19. The fourth-order valence-electron chi connectivity index (χ4n) is 1.98. The Hall–Kier alpha value is -3.13. The molecular formula is C19H21N3O2. The fraction of sp³-hybridized carbons (Fsp3) is 0.211. The van der Waals surface area contributed by atoms with E-state index in [1.54, 1.807) is 30.3 Å². The molecule has 0 fully saturated rings. The summed E-state index contributed by atoms with van der Waals surface area (Å²) in [5, 5.41) is 19.4. The predicted octanol–water partition coefficient (Wildman–Crippen LogP) is 3.98. The van der Waals surface area contributed by atoms with Crippen molar-refractivity contribution >= 4 is 17.9 Å². The Labute approximate surface area is 142 Å². The van der Waals surface area contributed by atoms with Gasteiger partial charge in [0.2, 0.25) is 0 Å². The zero-order valence-electron chi connectivity index (χ0n) is 14.1. The van der Waals surface area contributed by atoms with Crippen LogP contribution in [0, 0.1) is 16.7 Å². The van der Waals surface area contributed by atoms with Crippen LogP contribution in [0.3, 0.4) is 0 Å². The van der Waals surface area contributed by atoms with Gasteiger partial charge in [-0.25, -0.2) is 4.79 Å². The molecule has 5 heteroatoms. The summed E-state index contributed by atoms with van der Waals surface area (Å²) in [7, 11) is 1.32. The molecule has 0 aromatic heterocycles. The molecule has 0 atom stereocenters. The highest BCUT2D eigenvalue weighted by Crippen LogP contribution is 2.17. The van der Waals surface area contributed by atoms with Crippen LogP contribution in [0.2, 0.25) is 0 Å². The molecule has 0 spiro atoms. The number of benzene rings is 2. The Morgan fingerprint density at radius 3 is 2.46 bits per heavy atom. The van der Waals surface area contributed by atoms with Gasteiger partial charge in [-0.3, -0.25) is 0 Å². The molecule has 0 amide bonds. The van der Waals surface area contributed by atoms with Crippen molar-refractivity contribution in [3.05, 3.63) is 64.7 Å². The standard InChI is InChI=1S/C17H15N3O2.C2H6/c1-22-17(21)14-6-7-16(15(8-14)10-19)20-11-13-4-2-12(9-18)3-5-13;1-2/h2-8,10,19-20H,11H2,1H3;1-2H3. The minimum absolute atomic E-state index is 0.407. The number of anilines is 1. The number of esters is 1. The lowest BCUT2D eigenvalue weighted by atomic mass is 10.1. The number of carbonyl (C=O) groups is 1. The summed E-state index contributed by atoms with van der Waals surface area (Å²) in [5.74, 6) is -0.429. The molecule has 0 saturated carbocycles. The van der Waals surface area contributed by atoms with E-state index in [1.165, 1.54) is 13.3 Å². The van der Waals surface area contributed by atoms with Crippen molar-refractivity contribution < 1.29 is 9.53 Å². The molecule has 2 aromatic rings. The van der Waals surface area contributed by atoms with Crippen molar-refractivity contribution in [2.75, 3.05) is 12.4 Å². The third kappa shape index (κ3) is 4.96. The second-order valence-corrected chi connectivity index (χ2v) is 4.60. The molecule has 2 N–H and O–H groups in total. The van der Waals surface area contributed by atoms with Gasteiger partial charge in [-0.2, -0.15) is 5.26 Å². The lowest BCUT2D eigenvalue weighted by molar-refractivity contribution is 0.0600. The third-order valence-corrected chi connectivity index (χ3v) is 3.19. The molecule has 2 rings (SSSR count). The van der Waals surface area contributed by atoms with E-state index in [-0.39, 0.29) is 0 Å². The number of hydrogen-bond acceptors (Lipinski definition) is 5. The van der Waals surface area contributed by atoms with E-state index in [1.807, 2.05) is 26.0 Å². The van der Waals surface area contributed by atoms with Gasteiger partial charge >= 0.3 is 5.97 Å². The molecule has 0 radical (unpaired) electrons. The summed E-state index contributed by atoms with van der Waals surface area (Å²) in [6.07, 6.45) is 1.19. The number of nitriles is 1. The number of hydrogen-bond donors (Lipinski definition) is 2. The molecule has 0 saturated heterocycles. The molecule has 0 bridgehead atoms. The van der Waals surface area contributed by atoms with Crippen LogP contribution in [-0.2, 0) is 11.3 Å². The maximum atomic E-state index is 11.5. The van der Waals surface area contributed by atoms with Crippen LogP contribution in [-0.4, -0.2) is 19.3 Å². The van der Waals surface area contributed by atoms with E-state index < -0.39 is 5.97 Å². The van der Waals surface area contributed by atoms with Crippen molar-refractivity contribution in [2.24, 2.45) is 0 Å². The van der Waals surface area contributed by atoms with Crippen molar-refractivity contribution in [1.29, 1.82) is 10.7 Å². The average molecular weight is 323 g/mol. The van der Waals surface area contributed by atoms with Gasteiger partial charge in [0.05, 0.1) is 24.3 Å². The first-order valence-corrected chi connectivity index (χ1v) is 7.63. The summed E-state index contributed by atoms with van der Waals surface area (Å²) in [4.78, 5) is 11.5. The molecule has 124 valence electrons. The van der Waals surface area contributed by atoms with Crippen LogP contribution in [0.4, 0.5) is 5.69 Å². The summed E-state index contributed by atoms with van der Waals surface area (Å²) in [6, 6.07) is 14.3. The van der Waals surface area contributed by atoms with E-state index in [2.05, 4.69) is 16.1 Å². The minimum atomic E-state index is -0.429. The number of carbonyl (C=O) groups excluding carboxylic acids is 1. The van der Waals surface area contributed by atoms with Crippen LogP contribution >= 0.6 is 0 Å². The Bertz CT molecular complexity index is 731. The fourth-order valence-corrected chi connectivity index (χ4v) is 1.98. The van der Waals surface area contributed by atoms with Crippen molar-refractivity contribution in [2.45, 2.75) is 20.4 Å². The van der Waals surface area contributed by atoms with E-state index in [4.69, 9.17) is 10.7 Å². The lowest BCUT2D eigenvalue weighted by Crippen LogP contribution is -2.06. The highest BCUT2D eigenvalue weighted by atomic mass is 16.5. The summed E-state index contributed by atoms with van der Waals surface area (Å²) < 4.78 is 4.67. The van der Waals surface area contributed by atoms with Gasteiger partial charge in [0.1, 0.15) is 0 Å². The molecule has 0 aliphatic rings. The Balaban J connectivity index is 0.00000139. The van der Waals surface area contributed by atoms with E-state index in [0.717, 1.165) is 11.3 Å². The van der Waals surface area contributed by atoms with Gasteiger partial charge in [-0.05, 0) is 35.9 Å². The zero-order chi connectivity index (χ0) is 17.9. The Morgan fingerprint density at radius 2 is 1.92 bits per heavy atom. The van der Waals surface area contributed by atoms with Gasteiger partial charge in [0.15, 0.2) is 0 Å². The maximum absolute atomic E-state index is 11.5. The Morgan fingerprint density at radius 1 is 1.25 bits per heavy atom. The second kappa shape index (κ2) is 9.80. The summed E-state index contributed by atoms with van der Waals surface area (Å²) in [6.45, 7) is 4.56. The van der Waals surface area contributed by atoms with E-state index in [9.17, 15) is 4.79 Å². The molecule has 2 aromatic carbocycles. The molecule has 0 aliphatic heterocycles. The first-order valence-electron chi connectivity index (χ1n) is 7.63. The van der Waals surface area contributed by atoms with Crippen LogP contribution < -0.4 is 5.32 Å². The van der Waals surface area contributed by atoms with Gasteiger partial charge < -0.3 is 15.5 Å². The number of ether oxygens (including phenoxy) is 1. The van der Waals surface area contributed by atoms with Gasteiger partial charge in [0.25, 0.3) is 0 Å². The van der Waals surface area contributed by atoms with E-state index >= 15 is 0 Å². The van der Waals surface area contributed by atoms with Crippen molar-refractivity contribution in [3.63, 3.8) is 0 Å². The van der Waals surface area contributed by atoms with E-state index in [0.29, 0.717) is 23.2 Å². The number of nitrogens with zero attached hydrogens (tertiary/aromatic N) is 1. The number of nitrogens with one attached hydrogen (secondary N) is 2. The van der Waals surface area contributed by atoms with Gasteiger partial charge in [0, 0.05) is 24.0 Å². The van der Waals surface area contributed by atoms with Crippen LogP contribution in [0.1, 0.15) is 40.9 Å². The van der Waals surface area contributed by atoms with Crippen molar-refractivity contribution in [1.82, 2.24) is 0 Å². The topological polar surface area (TPSA) is 86.0 Å². The highest BCUT2D eigenvalue weighted by Gasteiger charge is 2.08. The normalized spacial score (nSPS) is 9.08. The van der Waals surface area contributed by atoms with Crippen LogP contribution in [0.25, 0.3) is 0 Å². The minimum Gasteiger partial charge on any atom is -0.465 e. The first kappa shape index (κ1) is 18.9. The Kier molecular flexibility index (Phi) is 7.72. The second-order valence-electron chi connectivity index (χ2n) is 4.60. The molecular weight excluding hydrogens is 302 g/mol. The number of methoxy groups -OCH3 is 1. The molecule has 5 nitrogen and oxygen atoms in total. The first-order chi connectivity index (χ1) is 11.7. The van der Waals surface area contributed by atoms with Gasteiger partial charge in [-0.15, -0.1) is 0 Å². The lowest BCUT2D eigenvalue weighted by Gasteiger charge is -2.11. The highest BCUT2D eigenvalue weighted by molar-refractivity contribution is 5.94. The molecule has 24 heavy (non-hydrogen) atoms. The maximum Gasteiger partial charge on any atom is 0.337 e. The van der Waals surface area contributed by atoms with Gasteiger partial charge in [-0.1, -0.05) is 26.0 Å².